The lowest BCUT2D eigenvalue weighted by Gasteiger charge is -2.25. The van der Waals surface area contributed by atoms with Crippen LogP contribution in [0.15, 0.2) is 63.8 Å². The number of allylic oxidation sites excluding steroid dienone is 1. The molecule has 9 heteroatoms. The lowest BCUT2D eigenvalue weighted by molar-refractivity contribution is -0.139. The van der Waals surface area contributed by atoms with E-state index in [2.05, 4.69) is 9.98 Å². The van der Waals surface area contributed by atoms with E-state index in [0.717, 1.165) is 5.56 Å². The molecule has 1 aromatic carbocycles. The molecule has 0 radical (unpaired) electrons. The van der Waals surface area contributed by atoms with E-state index >= 15 is 0 Å². The van der Waals surface area contributed by atoms with Crippen molar-refractivity contribution in [1.29, 1.82) is 0 Å². The van der Waals surface area contributed by atoms with E-state index in [0.29, 0.717) is 50.9 Å². The highest BCUT2D eigenvalue weighted by molar-refractivity contribution is 7.07. The molecular formula is C26H27N3O5S. The largest absolute Gasteiger partial charge is 0.490 e. The van der Waals surface area contributed by atoms with Gasteiger partial charge >= 0.3 is 5.97 Å². The summed E-state index contributed by atoms with van der Waals surface area (Å²) in [4.78, 5) is 35.9. The van der Waals surface area contributed by atoms with Gasteiger partial charge in [-0.3, -0.25) is 14.3 Å². The van der Waals surface area contributed by atoms with Crippen molar-refractivity contribution in [2.75, 3.05) is 19.8 Å². The summed E-state index contributed by atoms with van der Waals surface area (Å²) in [6.45, 7) is 8.42. The Bertz CT molecular complexity index is 1440. The molecule has 0 unspecified atom stereocenters. The van der Waals surface area contributed by atoms with Gasteiger partial charge in [0, 0.05) is 12.4 Å². The Balaban J connectivity index is 1.95. The predicted molar refractivity (Wildman–Crippen MR) is 133 cm³/mol. The van der Waals surface area contributed by atoms with Gasteiger partial charge in [-0.05, 0) is 63.1 Å². The first-order valence-corrected chi connectivity index (χ1v) is 12.3. The van der Waals surface area contributed by atoms with E-state index in [9.17, 15) is 9.59 Å². The minimum atomic E-state index is -0.726. The Morgan fingerprint density at radius 2 is 1.89 bits per heavy atom. The van der Waals surface area contributed by atoms with Crippen LogP contribution < -0.4 is 24.4 Å². The molecular weight excluding hydrogens is 466 g/mol. The summed E-state index contributed by atoms with van der Waals surface area (Å²) in [5.74, 6) is 0.634. The number of hydrogen-bond donors (Lipinski definition) is 0. The zero-order valence-corrected chi connectivity index (χ0v) is 20.9. The van der Waals surface area contributed by atoms with E-state index in [1.165, 1.54) is 11.3 Å². The molecule has 35 heavy (non-hydrogen) atoms. The van der Waals surface area contributed by atoms with Gasteiger partial charge in [-0.25, -0.2) is 9.79 Å². The Morgan fingerprint density at radius 3 is 2.57 bits per heavy atom. The van der Waals surface area contributed by atoms with Crippen LogP contribution >= 0.6 is 11.3 Å². The zero-order chi connectivity index (χ0) is 24.9. The minimum Gasteiger partial charge on any atom is -0.490 e. The number of ether oxygens (including phenoxy) is 3. The van der Waals surface area contributed by atoms with Gasteiger partial charge in [-0.15, -0.1) is 0 Å². The van der Waals surface area contributed by atoms with Crippen LogP contribution in [0.25, 0.3) is 6.08 Å². The second-order valence-electron chi connectivity index (χ2n) is 7.66. The van der Waals surface area contributed by atoms with Crippen LogP contribution in [0.1, 0.15) is 44.9 Å². The summed E-state index contributed by atoms with van der Waals surface area (Å²) >= 11 is 1.27. The normalized spacial score (nSPS) is 15.4. The van der Waals surface area contributed by atoms with Crippen molar-refractivity contribution < 1.29 is 19.0 Å². The molecule has 8 nitrogen and oxygen atoms in total. The van der Waals surface area contributed by atoms with Gasteiger partial charge in [0.2, 0.25) is 0 Å². The number of carbonyl (C=O) groups is 1. The third kappa shape index (κ3) is 4.90. The summed E-state index contributed by atoms with van der Waals surface area (Å²) in [6.07, 6.45) is 5.14. The standard InChI is InChI=1S/C26H27N3O5S/c1-5-32-19-11-10-18(14-20(19)33-6-2)23-22(25(31)34-7-3)16(4)28-26-29(23)24(30)21(35-26)13-17-9-8-12-27-15-17/h8-15,23H,5-7H2,1-4H3/b21-13-/t23-/m0/s1. The molecule has 0 amide bonds. The maximum absolute atomic E-state index is 13.6. The molecule has 1 aliphatic heterocycles. The number of benzene rings is 1. The van der Waals surface area contributed by atoms with Crippen LogP contribution in [0.3, 0.4) is 0 Å². The number of carbonyl (C=O) groups excluding carboxylic acids is 1. The smallest absolute Gasteiger partial charge is 0.338 e. The first kappa shape index (κ1) is 24.4. The van der Waals surface area contributed by atoms with Gasteiger partial charge in [-0.2, -0.15) is 0 Å². The predicted octanol–water partition coefficient (Wildman–Crippen LogP) is 2.99. The van der Waals surface area contributed by atoms with Gasteiger partial charge in [-0.1, -0.05) is 23.5 Å². The Labute approximate surface area is 206 Å². The second-order valence-corrected chi connectivity index (χ2v) is 8.67. The van der Waals surface area contributed by atoms with Gasteiger partial charge in [0.15, 0.2) is 16.3 Å². The Hall–Kier alpha value is -3.72. The SMILES string of the molecule is CCOC(=O)C1=C(C)N=c2s/c(=C\c3cccnc3)c(=O)n2[C@H]1c1ccc(OCC)c(OCC)c1. The molecule has 182 valence electrons. The summed E-state index contributed by atoms with van der Waals surface area (Å²) in [5.41, 5.74) is 2.08. The van der Waals surface area contributed by atoms with Crippen molar-refractivity contribution in [3.63, 3.8) is 0 Å². The van der Waals surface area contributed by atoms with E-state index in [-0.39, 0.29) is 12.2 Å². The topological polar surface area (TPSA) is 92.0 Å². The molecule has 0 aliphatic carbocycles. The summed E-state index contributed by atoms with van der Waals surface area (Å²) in [6, 6.07) is 8.41. The fourth-order valence-electron chi connectivity index (χ4n) is 3.96. The van der Waals surface area contributed by atoms with Crippen LogP contribution in [0.5, 0.6) is 11.5 Å². The number of fused-ring (bicyclic) bond motifs is 1. The molecule has 4 rings (SSSR count). The van der Waals surface area contributed by atoms with Crippen molar-refractivity contribution in [2.45, 2.75) is 33.7 Å². The number of nitrogens with zero attached hydrogens (tertiary/aromatic N) is 3. The van der Waals surface area contributed by atoms with Gasteiger partial charge in [0.1, 0.15) is 0 Å². The lowest BCUT2D eigenvalue weighted by Crippen LogP contribution is -2.40. The molecule has 0 fully saturated rings. The third-order valence-corrected chi connectivity index (χ3v) is 6.37. The molecule has 0 bridgehead atoms. The van der Waals surface area contributed by atoms with Crippen molar-refractivity contribution in [3.8, 4) is 11.5 Å². The zero-order valence-electron chi connectivity index (χ0n) is 20.1. The number of rotatable bonds is 8. The van der Waals surface area contributed by atoms with Crippen molar-refractivity contribution in [3.05, 3.63) is 84.8 Å². The molecule has 0 saturated carbocycles. The van der Waals surface area contributed by atoms with Gasteiger partial charge in [0.25, 0.3) is 5.56 Å². The summed E-state index contributed by atoms with van der Waals surface area (Å²) in [5, 5.41) is 0. The minimum absolute atomic E-state index is 0.210. The molecule has 1 aliphatic rings. The van der Waals surface area contributed by atoms with Crippen LogP contribution in [-0.2, 0) is 9.53 Å². The number of esters is 1. The van der Waals surface area contributed by atoms with Gasteiger partial charge in [0.05, 0.1) is 41.7 Å². The average Bonchev–Trinajstić information content (AvgIpc) is 3.14. The van der Waals surface area contributed by atoms with E-state index in [4.69, 9.17) is 14.2 Å². The fraction of sp³-hybridized carbons (Fsp3) is 0.308. The van der Waals surface area contributed by atoms with E-state index < -0.39 is 12.0 Å². The van der Waals surface area contributed by atoms with Crippen molar-refractivity contribution in [2.24, 2.45) is 4.99 Å². The molecule has 3 heterocycles. The molecule has 0 N–H and O–H groups in total. The summed E-state index contributed by atoms with van der Waals surface area (Å²) in [7, 11) is 0. The van der Waals surface area contributed by atoms with E-state index in [1.54, 1.807) is 43.0 Å². The number of aromatic nitrogens is 2. The van der Waals surface area contributed by atoms with Crippen molar-refractivity contribution in [1.82, 2.24) is 9.55 Å². The molecule has 0 spiro atoms. The average molecular weight is 494 g/mol. The first-order chi connectivity index (χ1) is 17.0. The van der Waals surface area contributed by atoms with Crippen LogP contribution in [0, 0.1) is 0 Å². The van der Waals surface area contributed by atoms with Crippen LogP contribution in [0.2, 0.25) is 0 Å². The second kappa shape index (κ2) is 10.7. The fourth-order valence-corrected chi connectivity index (χ4v) is 5.00. The molecule has 0 saturated heterocycles. The Morgan fingerprint density at radius 1 is 1.11 bits per heavy atom. The lowest BCUT2D eigenvalue weighted by atomic mass is 9.95. The van der Waals surface area contributed by atoms with Gasteiger partial charge < -0.3 is 14.2 Å². The number of pyridine rings is 1. The summed E-state index contributed by atoms with van der Waals surface area (Å²) < 4.78 is 18.9. The highest BCUT2D eigenvalue weighted by Crippen LogP contribution is 2.36. The Kier molecular flexibility index (Phi) is 7.45. The molecule has 3 aromatic rings. The first-order valence-electron chi connectivity index (χ1n) is 11.5. The number of thiazole rings is 1. The maximum Gasteiger partial charge on any atom is 0.338 e. The highest BCUT2D eigenvalue weighted by Gasteiger charge is 2.34. The van der Waals surface area contributed by atoms with Crippen LogP contribution in [-0.4, -0.2) is 35.3 Å². The monoisotopic (exact) mass is 493 g/mol. The van der Waals surface area contributed by atoms with Crippen molar-refractivity contribution >= 4 is 23.4 Å². The number of hydrogen-bond acceptors (Lipinski definition) is 8. The van der Waals surface area contributed by atoms with E-state index in [1.807, 2.05) is 38.1 Å². The van der Waals surface area contributed by atoms with Crippen LogP contribution in [0.4, 0.5) is 0 Å². The maximum atomic E-state index is 13.6. The molecule has 2 aromatic heterocycles. The third-order valence-electron chi connectivity index (χ3n) is 5.38. The molecule has 1 atom stereocenters. The quantitative estimate of drug-likeness (QED) is 0.448. The highest BCUT2D eigenvalue weighted by atomic mass is 32.1.